The summed E-state index contributed by atoms with van der Waals surface area (Å²) < 4.78 is 22.8. The van der Waals surface area contributed by atoms with Crippen molar-refractivity contribution in [2.75, 3.05) is 18.6 Å². The van der Waals surface area contributed by atoms with E-state index in [9.17, 15) is 13.2 Å². The van der Waals surface area contributed by atoms with Crippen molar-refractivity contribution in [3.05, 3.63) is 29.6 Å². The zero-order chi connectivity index (χ0) is 13.3. The SMILES string of the molecule is Cc1cnccc1C(=O)N(C)C1CCS(=O)(=O)C1. The molecular weight excluding hydrogens is 252 g/mol. The molecule has 1 aliphatic heterocycles. The van der Waals surface area contributed by atoms with Crippen molar-refractivity contribution in [3.63, 3.8) is 0 Å². The zero-order valence-corrected chi connectivity index (χ0v) is 11.3. The Morgan fingerprint density at radius 1 is 1.50 bits per heavy atom. The molecule has 0 radical (unpaired) electrons. The first-order chi connectivity index (χ1) is 8.41. The summed E-state index contributed by atoms with van der Waals surface area (Å²) in [6.07, 6.45) is 3.72. The van der Waals surface area contributed by atoms with E-state index >= 15 is 0 Å². The van der Waals surface area contributed by atoms with Gasteiger partial charge in [-0.1, -0.05) is 0 Å². The predicted octanol–water partition coefficient (Wildman–Crippen LogP) is 0.649. The maximum Gasteiger partial charge on any atom is 0.254 e. The molecule has 18 heavy (non-hydrogen) atoms. The van der Waals surface area contributed by atoms with Crippen molar-refractivity contribution < 1.29 is 13.2 Å². The van der Waals surface area contributed by atoms with Crippen LogP contribution < -0.4 is 0 Å². The Bertz CT molecular complexity index is 568. The van der Waals surface area contributed by atoms with Crippen molar-refractivity contribution in [1.29, 1.82) is 0 Å². The molecule has 0 aliphatic carbocycles. The summed E-state index contributed by atoms with van der Waals surface area (Å²) in [4.78, 5) is 17.7. The maximum absolute atomic E-state index is 12.3. The highest BCUT2D eigenvalue weighted by molar-refractivity contribution is 7.91. The van der Waals surface area contributed by atoms with Gasteiger partial charge in [0.25, 0.3) is 5.91 Å². The first kappa shape index (κ1) is 13.0. The first-order valence-corrected chi connectivity index (χ1v) is 7.61. The van der Waals surface area contributed by atoms with Crippen molar-refractivity contribution >= 4 is 15.7 Å². The average molecular weight is 268 g/mol. The second-order valence-electron chi connectivity index (χ2n) is 4.66. The summed E-state index contributed by atoms with van der Waals surface area (Å²) >= 11 is 0. The Hall–Kier alpha value is -1.43. The number of hydrogen-bond acceptors (Lipinski definition) is 4. The van der Waals surface area contributed by atoms with Crippen LogP contribution in [0.15, 0.2) is 18.5 Å². The van der Waals surface area contributed by atoms with Crippen molar-refractivity contribution in [2.45, 2.75) is 19.4 Å². The lowest BCUT2D eigenvalue weighted by molar-refractivity contribution is 0.0747. The van der Waals surface area contributed by atoms with Crippen LogP contribution in [0.5, 0.6) is 0 Å². The third-order valence-corrected chi connectivity index (χ3v) is 5.08. The Morgan fingerprint density at radius 2 is 2.22 bits per heavy atom. The molecular formula is C12H16N2O3S. The van der Waals surface area contributed by atoms with Crippen LogP contribution in [-0.4, -0.2) is 48.8 Å². The number of amides is 1. The fourth-order valence-electron chi connectivity index (χ4n) is 2.15. The fraction of sp³-hybridized carbons (Fsp3) is 0.500. The largest absolute Gasteiger partial charge is 0.338 e. The van der Waals surface area contributed by atoms with Gasteiger partial charge in [0.15, 0.2) is 9.84 Å². The fourth-order valence-corrected chi connectivity index (χ4v) is 3.92. The highest BCUT2D eigenvalue weighted by Crippen LogP contribution is 2.19. The molecule has 0 N–H and O–H groups in total. The molecule has 1 amide bonds. The summed E-state index contributed by atoms with van der Waals surface area (Å²) in [5.41, 5.74) is 1.38. The number of nitrogens with zero attached hydrogens (tertiary/aromatic N) is 2. The van der Waals surface area contributed by atoms with Crippen molar-refractivity contribution in [2.24, 2.45) is 0 Å². The van der Waals surface area contributed by atoms with Gasteiger partial charge in [-0.25, -0.2) is 8.42 Å². The highest BCUT2D eigenvalue weighted by atomic mass is 32.2. The minimum absolute atomic E-state index is 0.0688. The van der Waals surface area contributed by atoms with Crippen LogP contribution in [0, 0.1) is 6.92 Å². The van der Waals surface area contributed by atoms with Gasteiger partial charge in [0.05, 0.1) is 11.5 Å². The molecule has 1 aliphatic rings. The Labute approximate surface area is 107 Å². The standard InChI is InChI=1S/C12H16N2O3S/c1-9-7-13-5-3-11(9)12(15)14(2)10-4-6-18(16,17)8-10/h3,5,7,10H,4,6,8H2,1-2H3. The minimum atomic E-state index is -2.97. The van der Waals surface area contributed by atoms with Gasteiger partial charge in [0.1, 0.15) is 0 Å². The summed E-state index contributed by atoms with van der Waals surface area (Å²) in [6, 6.07) is 1.45. The minimum Gasteiger partial charge on any atom is -0.338 e. The molecule has 1 aromatic rings. The first-order valence-electron chi connectivity index (χ1n) is 5.79. The molecule has 0 spiro atoms. The van der Waals surface area contributed by atoms with Gasteiger partial charge in [-0.2, -0.15) is 0 Å². The van der Waals surface area contributed by atoms with E-state index in [-0.39, 0.29) is 23.5 Å². The van der Waals surface area contributed by atoms with Crippen LogP contribution in [-0.2, 0) is 9.84 Å². The number of sulfone groups is 1. The Kier molecular flexibility index (Phi) is 3.38. The van der Waals surface area contributed by atoms with E-state index in [0.29, 0.717) is 12.0 Å². The van der Waals surface area contributed by atoms with Gasteiger partial charge in [0, 0.05) is 31.0 Å². The topological polar surface area (TPSA) is 67.3 Å². The van der Waals surface area contributed by atoms with E-state index in [1.54, 1.807) is 25.5 Å². The molecule has 1 saturated heterocycles. The van der Waals surface area contributed by atoms with E-state index in [2.05, 4.69) is 4.98 Å². The van der Waals surface area contributed by atoms with E-state index in [0.717, 1.165) is 5.56 Å². The van der Waals surface area contributed by atoms with Crippen LogP contribution in [0.25, 0.3) is 0 Å². The zero-order valence-electron chi connectivity index (χ0n) is 10.5. The van der Waals surface area contributed by atoms with Crippen LogP contribution in [0.3, 0.4) is 0 Å². The van der Waals surface area contributed by atoms with Crippen LogP contribution in [0.4, 0.5) is 0 Å². The summed E-state index contributed by atoms with van der Waals surface area (Å²) in [7, 11) is -1.31. The normalized spacial score (nSPS) is 21.8. The molecule has 0 bridgehead atoms. The lowest BCUT2D eigenvalue weighted by atomic mass is 10.1. The summed E-state index contributed by atoms with van der Waals surface area (Å²) in [5, 5.41) is 0. The monoisotopic (exact) mass is 268 g/mol. The number of hydrogen-bond donors (Lipinski definition) is 0. The number of aryl methyl sites for hydroxylation is 1. The molecule has 6 heteroatoms. The lowest BCUT2D eigenvalue weighted by Gasteiger charge is -2.24. The van der Waals surface area contributed by atoms with Crippen molar-refractivity contribution in [1.82, 2.24) is 9.88 Å². The molecule has 1 unspecified atom stereocenters. The molecule has 1 aromatic heterocycles. The van der Waals surface area contributed by atoms with E-state index in [1.165, 1.54) is 4.90 Å². The Morgan fingerprint density at radius 3 is 2.78 bits per heavy atom. The molecule has 98 valence electrons. The van der Waals surface area contributed by atoms with Gasteiger partial charge in [-0.3, -0.25) is 9.78 Å². The third-order valence-electron chi connectivity index (χ3n) is 3.33. The van der Waals surface area contributed by atoms with Crippen LogP contribution in [0.2, 0.25) is 0 Å². The van der Waals surface area contributed by atoms with E-state index in [1.807, 2.05) is 6.92 Å². The molecule has 0 saturated carbocycles. The second kappa shape index (κ2) is 4.68. The number of pyridine rings is 1. The molecule has 2 heterocycles. The van der Waals surface area contributed by atoms with Gasteiger partial charge in [0.2, 0.25) is 0 Å². The molecule has 1 atom stereocenters. The van der Waals surface area contributed by atoms with E-state index < -0.39 is 9.84 Å². The number of carbonyl (C=O) groups is 1. The van der Waals surface area contributed by atoms with Crippen LogP contribution in [0.1, 0.15) is 22.3 Å². The van der Waals surface area contributed by atoms with Gasteiger partial charge >= 0.3 is 0 Å². The molecule has 0 aromatic carbocycles. The summed E-state index contributed by atoms with van der Waals surface area (Å²) in [5.74, 6) is 0.0984. The smallest absolute Gasteiger partial charge is 0.254 e. The lowest BCUT2D eigenvalue weighted by Crippen LogP contribution is -2.38. The average Bonchev–Trinajstić information content (AvgIpc) is 2.68. The van der Waals surface area contributed by atoms with E-state index in [4.69, 9.17) is 0 Å². The van der Waals surface area contributed by atoms with Gasteiger partial charge in [-0.05, 0) is 25.0 Å². The van der Waals surface area contributed by atoms with Crippen molar-refractivity contribution in [3.8, 4) is 0 Å². The third kappa shape index (κ3) is 2.53. The molecule has 1 fully saturated rings. The number of rotatable bonds is 2. The Balaban J connectivity index is 2.18. The van der Waals surface area contributed by atoms with Gasteiger partial charge in [-0.15, -0.1) is 0 Å². The summed E-state index contributed by atoms with van der Waals surface area (Å²) in [6.45, 7) is 1.82. The predicted molar refractivity (Wildman–Crippen MR) is 68.1 cm³/mol. The number of aromatic nitrogens is 1. The molecule has 2 rings (SSSR count). The number of carbonyl (C=O) groups excluding carboxylic acids is 1. The second-order valence-corrected chi connectivity index (χ2v) is 6.89. The van der Waals surface area contributed by atoms with Gasteiger partial charge < -0.3 is 4.90 Å². The van der Waals surface area contributed by atoms with Crippen LogP contribution >= 0.6 is 0 Å². The molecule has 5 nitrogen and oxygen atoms in total. The highest BCUT2D eigenvalue weighted by Gasteiger charge is 2.33. The maximum atomic E-state index is 12.3. The quantitative estimate of drug-likeness (QED) is 0.790.